The maximum absolute atomic E-state index is 11.9. The fourth-order valence-electron chi connectivity index (χ4n) is 3.59. The van der Waals surface area contributed by atoms with Crippen molar-refractivity contribution in [3.8, 4) is 0 Å². The number of nitrogens with one attached hydrogen (secondary N) is 1. The van der Waals surface area contributed by atoms with E-state index < -0.39 is 0 Å². The first-order valence-electron chi connectivity index (χ1n) is 8.09. The number of carbonyl (C=O) groups excluding carboxylic acids is 1. The number of likely N-dealkylation sites (tertiary alicyclic amines) is 1. The molecule has 2 amide bonds. The Labute approximate surface area is 143 Å². The van der Waals surface area contributed by atoms with Crippen molar-refractivity contribution in [3.05, 3.63) is 34.7 Å². The first-order valence-corrected chi connectivity index (χ1v) is 8.88. The first kappa shape index (κ1) is 15.0. The highest BCUT2D eigenvalue weighted by atomic mass is 79.9. The van der Waals surface area contributed by atoms with Crippen molar-refractivity contribution in [1.82, 2.24) is 24.5 Å². The van der Waals surface area contributed by atoms with Gasteiger partial charge < -0.3 is 14.6 Å². The van der Waals surface area contributed by atoms with Crippen molar-refractivity contribution in [2.45, 2.75) is 25.4 Å². The number of halogens is 1. The van der Waals surface area contributed by atoms with Crippen LogP contribution in [0.1, 0.15) is 18.5 Å². The van der Waals surface area contributed by atoms with Crippen molar-refractivity contribution in [1.29, 1.82) is 0 Å². The number of rotatable bonds is 3. The Morgan fingerprint density at radius 3 is 3.04 bits per heavy atom. The summed E-state index contributed by atoms with van der Waals surface area (Å²) < 4.78 is 3.10. The Morgan fingerprint density at radius 2 is 2.22 bits per heavy atom. The minimum absolute atomic E-state index is 0.0921. The number of amides is 2. The molecule has 23 heavy (non-hydrogen) atoms. The summed E-state index contributed by atoms with van der Waals surface area (Å²) >= 11 is 3.49. The Bertz CT molecular complexity index is 730. The number of piperidine rings is 1. The van der Waals surface area contributed by atoms with Crippen molar-refractivity contribution in [2.75, 3.05) is 26.2 Å². The molecule has 2 fully saturated rings. The quantitative estimate of drug-likeness (QED) is 0.890. The van der Waals surface area contributed by atoms with E-state index in [-0.39, 0.29) is 6.03 Å². The molecular formula is C16H20BrN5O. The van der Waals surface area contributed by atoms with Gasteiger partial charge in [0.25, 0.3) is 0 Å². The lowest BCUT2D eigenvalue weighted by Gasteiger charge is -2.36. The van der Waals surface area contributed by atoms with E-state index in [1.165, 1.54) is 0 Å². The van der Waals surface area contributed by atoms with E-state index in [2.05, 4.69) is 36.7 Å². The molecule has 0 bridgehead atoms. The molecule has 1 atom stereocenters. The van der Waals surface area contributed by atoms with Crippen LogP contribution in [0.3, 0.4) is 0 Å². The van der Waals surface area contributed by atoms with Crippen LogP contribution in [0.25, 0.3) is 5.65 Å². The molecule has 2 saturated heterocycles. The van der Waals surface area contributed by atoms with Gasteiger partial charge in [0.05, 0.1) is 5.69 Å². The van der Waals surface area contributed by atoms with E-state index in [0.29, 0.717) is 6.04 Å². The van der Waals surface area contributed by atoms with Gasteiger partial charge in [-0.15, -0.1) is 0 Å². The summed E-state index contributed by atoms with van der Waals surface area (Å²) in [5.74, 6) is 0. The third-order valence-corrected chi connectivity index (χ3v) is 5.13. The Morgan fingerprint density at radius 1 is 1.30 bits per heavy atom. The van der Waals surface area contributed by atoms with Crippen LogP contribution in [0.4, 0.5) is 4.79 Å². The first-order chi connectivity index (χ1) is 11.2. The predicted molar refractivity (Wildman–Crippen MR) is 91.3 cm³/mol. The van der Waals surface area contributed by atoms with Crippen LogP contribution in [-0.2, 0) is 6.54 Å². The van der Waals surface area contributed by atoms with Crippen molar-refractivity contribution in [3.63, 3.8) is 0 Å². The molecular weight excluding hydrogens is 358 g/mol. The van der Waals surface area contributed by atoms with Crippen molar-refractivity contribution < 1.29 is 4.79 Å². The van der Waals surface area contributed by atoms with Crippen LogP contribution in [0.2, 0.25) is 0 Å². The molecule has 0 aromatic carbocycles. The van der Waals surface area contributed by atoms with Crippen LogP contribution in [0, 0.1) is 0 Å². The molecule has 0 saturated carbocycles. The van der Waals surface area contributed by atoms with Gasteiger partial charge in [-0.1, -0.05) is 0 Å². The van der Waals surface area contributed by atoms with Gasteiger partial charge in [0.15, 0.2) is 0 Å². The highest BCUT2D eigenvalue weighted by Crippen LogP contribution is 2.20. The largest absolute Gasteiger partial charge is 0.336 e. The van der Waals surface area contributed by atoms with E-state index in [4.69, 9.17) is 4.98 Å². The number of fused-ring (bicyclic) bond motifs is 1. The lowest BCUT2D eigenvalue weighted by Crippen LogP contribution is -2.48. The van der Waals surface area contributed by atoms with Crippen LogP contribution in [0.5, 0.6) is 0 Å². The summed E-state index contributed by atoms with van der Waals surface area (Å²) in [6.45, 7) is 4.45. The van der Waals surface area contributed by atoms with Crippen LogP contribution in [-0.4, -0.2) is 57.4 Å². The number of hydrogen-bond acceptors (Lipinski definition) is 3. The van der Waals surface area contributed by atoms with E-state index in [1.807, 2.05) is 23.2 Å². The monoisotopic (exact) mass is 377 g/mol. The van der Waals surface area contributed by atoms with Gasteiger partial charge in [-0.2, -0.15) is 0 Å². The fraction of sp³-hybridized carbons (Fsp3) is 0.500. The Hall–Kier alpha value is -1.60. The summed E-state index contributed by atoms with van der Waals surface area (Å²) in [6, 6.07) is 4.45. The number of hydrogen-bond donors (Lipinski definition) is 1. The zero-order valence-corrected chi connectivity index (χ0v) is 14.5. The van der Waals surface area contributed by atoms with Gasteiger partial charge >= 0.3 is 6.03 Å². The molecule has 122 valence electrons. The van der Waals surface area contributed by atoms with Crippen molar-refractivity contribution in [2.24, 2.45) is 0 Å². The maximum Gasteiger partial charge on any atom is 0.317 e. The highest BCUT2D eigenvalue weighted by molar-refractivity contribution is 9.10. The minimum atomic E-state index is 0.0921. The third-order valence-electron chi connectivity index (χ3n) is 4.66. The molecule has 2 aliphatic rings. The second-order valence-electron chi connectivity index (χ2n) is 6.30. The lowest BCUT2D eigenvalue weighted by molar-refractivity contribution is 0.121. The van der Waals surface area contributed by atoms with Gasteiger partial charge in [-0.3, -0.25) is 4.90 Å². The summed E-state index contributed by atoms with van der Waals surface area (Å²) in [4.78, 5) is 21.0. The van der Waals surface area contributed by atoms with E-state index >= 15 is 0 Å². The summed E-state index contributed by atoms with van der Waals surface area (Å²) in [5.41, 5.74) is 2.05. The molecule has 1 unspecified atom stereocenters. The number of pyridine rings is 1. The van der Waals surface area contributed by atoms with Crippen LogP contribution >= 0.6 is 15.9 Å². The second-order valence-corrected chi connectivity index (χ2v) is 7.22. The zero-order chi connectivity index (χ0) is 15.8. The predicted octanol–water partition coefficient (Wildman–Crippen LogP) is 2.09. The van der Waals surface area contributed by atoms with Crippen LogP contribution < -0.4 is 5.32 Å². The molecule has 0 radical (unpaired) electrons. The van der Waals surface area contributed by atoms with Gasteiger partial charge in [0.1, 0.15) is 5.65 Å². The number of urea groups is 1. The molecule has 2 aromatic rings. The highest BCUT2D eigenvalue weighted by Gasteiger charge is 2.31. The summed E-state index contributed by atoms with van der Waals surface area (Å²) in [5, 5.41) is 2.90. The Kier molecular flexibility index (Phi) is 3.98. The molecule has 0 spiro atoms. The fourth-order valence-corrected chi connectivity index (χ4v) is 3.94. The smallest absolute Gasteiger partial charge is 0.317 e. The van der Waals surface area contributed by atoms with E-state index in [1.54, 1.807) is 0 Å². The molecule has 0 aliphatic carbocycles. The van der Waals surface area contributed by atoms with Crippen molar-refractivity contribution >= 4 is 27.6 Å². The van der Waals surface area contributed by atoms with E-state index in [9.17, 15) is 4.79 Å². The number of carbonyl (C=O) groups is 1. The molecule has 4 heterocycles. The molecule has 4 rings (SSSR count). The molecule has 2 aliphatic heterocycles. The second kappa shape index (κ2) is 6.13. The normalized spacial score (nSPS) is 22.7. The number of aromatic nitrogens is 2. The summed E-state index contributed by atoms with van der Waals surface area (Å²) in [7, 11) is 0. The number of nitrogens with zero attached hydrogens (tertiary/aromatic N) is 4. The van der Waals surface area contributed by atoms with E-state index in [0.717, 1.165) is 61.4 Å². The average Bonchev–Trinajstić information content (AvgIpc) is 3.12. The lowest BCUT2D eigenvalue weighted by atomic mass is 10.0. The molecule has 2 aromatic heterocycles. The van der Waals surface area contributed by atoms with Gasteiger partial charge in [-0.05, 0) is 47.4 Å². The minimum Gasteiger partial charge on any atom is -0.336 e. The Balaban J connectivity index is 1.45. The summed E-state index contributed by atoms with van der Waals surface area (Å²) in [6.07, 6.45) is 6.35. The number of imidazole rings is 1. The van der Waals surface area contributed by atoms with Gasteiger partial charge in [0, 0.05) is 49.1 Å². The molecule has 7 heteroatoms. The SMILES string of the molecule is O=C1NCCN1C1CCCN(Cc2cn3cc(Br)ccc3n2)C1. The molecule has 1 N–H and O–H groups in total. The third kappa shape index (κ3) is 3.07. The topological polar surface area (TPSA) is 52.9 Å². The average molecular weight is 378 g/mol. The van der Waals surface area contributed by atoms with Gasteiger partial charge in [-0.25, -0.2) is 9.78 Å². The van der Waals surface area contributed by atoms with Gasteiger partial charge in [0.2, 0.25) is 0 Å². The molecule has 6 nitrogen and oxygen atoms in total. The van der Waals surface area contributed by atoms with Crippen LogP contribution in [0.15, 0.2) is 29.0 Å². The zero-order valence-electron chi connectivity index (χ0n) is 12.9. The standard InChI is InChI=1S/C16H20BrN5O/c17-12-3-4-15-19-13(10-21(15)8-12)9-20-6-1-2-14(11-20)22-7-5-18-16(22)23/h3-4,8,10,14H,1-2,5-7,9,11H2,(H,18,23). The maximum atomic E-state index is 11.9.